The molecule has 0 aromatic heterocycles. The number of aromatic carboxylic acids is 1. The van der Waals surface area contributed by atoms with Gasteiger partial charge in [-0.1, -0.05) is 30.3 Å². The first kappa shape index (κ1) is 13.1. The largest absolute Gasteiger partial charge is 0.478 e. The predicted octanol–water partition coefficient (Wildman–Crippen LogP) is 3.61. The maximum atomic E-state index is 11.0. The quantitative estimate of drug-likeness (QED) is 0.877. The Labute approximate surface area is 112 Å². The molecule has 0 bridgehead atoms. The van der Waals surface area contributed by atoms with Gasteiger partial charge in [-0.3, -0.25) is 0 Å². The molecule has 98 valence electrons. The summed E-state index contributed by atoms with van der Waals surface area (Å²) >= 11 is 0. The van der Waals surface area contributed by atoms with Crippen molar-refractivity contribution in [3.05, 3.63) is 64.7 Å². The van der Waals surface area contributed by atoms with Crippen molar-refractivity contribution < 1.29 is 9.90 Å². The van der Waals surface area contributed by atoms with Gasteiger partial charge in [0.15, 0.2) is 0 Å². The van der Waals surface area contributed by atoms with E-state index in [-0.39, 0.29) is 0 Å². The van der Waals surface area contributed by atoms with Crippen LogP contribution in [-0.4, -0.2) is 11.1 Å². The van der Waals surface area contributed by atoms with Gasteiger partial charge < -0.3 is 10.4 Å². The SMILES string of the molecule is Cc1ccccc1CNc1cc(C(=O)O)ccc1C. The first-order chi connectivity index (χ1) is 9.08. The number of benzene rings is 2. The predicted molar refractivity (Wildman–Crippen MR) is 76.6 cm³/mol. The highest BCUT2D eigenvalue weighted by molar-refractivity contribution is 5.89. The molecule has 3 nitrogen and oxygen atoms in total. The number of rotatable bonds is 4. The zero-order chi connectivity index (χ0) is 13.8. The van der Waals surface area contributed by atoms with Gasteiger partial charge in [0.1, 0.15) is 0 Å². The Hall–Kier alpha value is -2.29. The standard InChI is InChI=1S/C16H17NO2/c1-11-5-3-4-6-14(11)10-17-15-9-13(16(18)19)8-7-12(15)2/h3-9,17H,10H2,1-2H3,(H,18,19). The van der Waals surface area contributed by atoms with E-state index >= 15 is 0 Å². The maximum Gasteiger partial charge on any atom is 0.335 e. The fourth-order valence-corrected chi connectivity index (χ4v) is 1.94. The summed E-state index contributed by atoms with van der Waals surface area (Å²) in [4.78, 5) is 11.0. The van der Waals surface area contributed by atoms with Crippen molar-refractivity contribution in [2.45, 2.75) is 20.4 Å². The first-order valence-corrected chi connectivity index (χ1v) is 6.20. The minimum atomic E-state index is -0.904. The molecule has 2 aromatic carbocycles. The van der Waals surface area contributed by atoms with Crippen molar-refractivity contribution in [2.24, 2.45) is 0 Å². The number of aryl methyl sites for hydroxylation is 2. The van der Waals surface area contributed by atoms with E-state index in [0.717, 1.165) is 11.3 Å². The Morgan fingerprint density at radius 3 is 2.53 bits per heavy atom. The van der Waals surface area contributed by atoms with E-state index in [9.17, 15) is 4.79 Å². The van der Waals surface area contributed by atoms with Crippen LogP contribution in [0, 0.1) is 13.8 Å². The van der Waals surface area contributed by atoms with Crippen LogP contribution in [0.5, 0.6) is 0 Å². The third-order valence-electron chi connectivity index (χ3n) is 3.22. The minimum Gasteiger partial charge on any atom is -0.478 e. The fourth-order valence-electron chi connectivity index (χ4n) is 1.94. The van der Waals surface area contributed by atoms with E-state index < -0.39 is 5.97 Å². The van der Waals surface area contributed by atoms with Crippen LogP contribution in [0.15, 0.2) is 42.5 Å². The van der Waals surface area contributed by atoms with Crippen LogP contribution in [0.1, 0.15) is 27.0 Å². The van der Waals surface area contributed by atoms with Crippen LogP contribution < -0.4 is 5.32 Å². The van der Waals surface area contributed by atoms with Gasteiger partial charge in [0, 0.05) is 12.2 Å². The van der Waals surface area contributed by atoms with Crippen molar-refractivity contribution in [2.75, 3.05) is 5.32 Å². The highest BCUT2D eigenvalue weighted by Crippen LogP contribution is 2.18. The van der Waals surface area contributed by atoms with E-state index in [1.165, 1.54) is 11.1 Å². The van der Waals surface area contributed by atoms with E-state index in [0.29, 0.717) is 12.1 Å². The molecular formula is C16H17NO2. The third-order valence-corrected chi connectivity index (χ3v) is 3.22. The molecule has 0 heterocycles. The second-order valence-corrected chi connectivity index (χ2v) is 4.61. The first-order valence-electron chi connectivity index (χ1n) is 6.20. The molecule has 0 saturated heterocycles. The van der Waals surface area contributed by atoms with Crippen LogP contribution >= 0.6 is 0 Å². The number of hydrogen-bond acceptors (Lipinski definition) is 2. The molecule has 0 radical (unpaired) electrons. The van der Waals surface area contributed by atoms with Gasteiger partial charge in [0.2, 0.25) is 0 Å². The molecule has 3 heteroatoms. The van der Waals surface area contributed by atoms with Crippen molar-refractivity contribution in [1.82, 2.24) is 0 Å². The molecule has 0 spiro atoms. The van der Waals surface area contributed by atoms with Gasteiger partial charge in [-0.2, -0.15) is 0 Å². The summed E-state index contributed by atoms with van der Waals surface area (Å²) in [6, 6.07) is 13.3. The highest BCUT2D eigenvalue weighted by Gasteiger charge is 2.06. The molecule has 0 aliphatic heterocycles. The summed E-state index contributed by atoms with van der Waals surface area (Å²) in [6.45, 7) is 4.72. The second kappa shape index (κ2) is 5.57. The number of hydrogen-bond donors (Lipinski definition) is 2. The van der Waals surface area contributed by atoms with Gasteiger partial charge in [-0.05, 0) is 42.7 Å². The number of anilines is 1. The molecule has 0 amide bonds. The van der Waals surface area contributed by atoms with Crippen LogP contribution in [0.4, 0.5) is 5.69 Å². The van der Waals surface area contributed by atoms with Crippen LogP contribution in [-0.2, 0) is 6.54 Å². The van der Waals surface area contributed by atoms with Gasteiger partial charge >= 0.3 is 5.97 Å². The molecule has 19 heavy (non-hydrogen) atoms. The Morgan fingerprint density at radius 1 is 1.11 bits per heavy atom. The molecule has 0 fully saturated rings. The van der Waals surface area contributed by atoms with Crippen LogP contribution in [0.2, 0.25) is 0 Å². The van der Waals surface area contributed by atoms with Gasteiger partial charge in [0.05, 0.1) is 5.56 Å². The molecule has 0 atom stereocenters. The Balaban J connectivity index is 2.17. The minimum absolute atomic E-state index is 0.304. The highest BCUT2D eigenvalue weighted by atomic mass is 16.4. The molecule has 0 unspecified atom stereocenters. The Kier molecular flexibility index (Phi) is 3.85. The zero-order valence-corrected chi connectivity index (χ0v) is 11.1. The lowest BCUT2D eigenvalue weighted by Crippen LogP contribution is -2.04. The summed E-state index contributed by atoms with van der Waals surface area (Å²) in [7, 11) is 0. The molecule has 0 aliphatic carbocycles. The zero-order valence-electron chi connectivity index (χ0n) is 11.1. The van der Waals surface area contributed by atoms with Gasteiger partial charge in [0.25, 0.3) is 0 Å². The molecule has 2 rings (SSSR count). The summed E-state index contributed by atoms with van der Waals surface area (Å²) in [5.74, 6) is -0.904. The summed E-state index contributed by atoms with van der Waals surface area (Å²) in [5.41, 5.74) is 4.64. The lowest BCUT2D eigenvalue weighted by Gasteiger charge is -2.12. The van der Waals surface area contributed by atoms with Crippen molar-refractivity contribution in [3.8, 4) is 0 Å². The number of carboxylic acids is 1. The Morgan fingerprint density at radius 2 is 1.84 bits per heavy atom. The van der Waals surface area contributed by atoms with Crippen molar-refractivity contribution >= 4 is 11.7 Å². The average molecular weight is 255 g/mol. The maximum absolute atomic E-state index is 11.0. The van der Waals surface area contributed by atoms with Crippen LogP contribution in [0.3, 0.4) is 0 Å². The van der Waals surface area contributed by atoms with Crippen molar-refractivity contribution in [3.63, 3.8) is 0 Å². The van der Waals surface area contributed by atoms with Crippen molar-refractivity contribution in [1.29, 1.82) is 0 Å². The van der Waals surface area contributed by atoms with E-state index in [1.54, 1.807) is 12.1 Å². The number of carboxylic acid groups (broad SMARTS) is 1. The van der Waals surface area contributed by atoms with Gasteiger partial charge in [-0.15, -0.1) is 0 Å². The van der Waals surface area contributed by atoms with Crippen LogP contribution in [0.25, 0.3) is 0 Å². The third kappa shape index (κ3) is 3.13. The molecule has 2 aromatic rings. The topological polar surface area (TPSA) is 49.3 Å². The Bertz CT molecular complexity index is 605. The molecule has 0 saturated carbocycles. The second-order valence-electron chi connectivity index (χ2n) is 4.61. The normalized spacial score (nSPS) is 10.2. The average Bonchev–Trinajstić information content (AvgIpc) is 2.39. The lowest BCUT2D eigenvalue weighted by atomic mass is 10.1. The van der Waals surface area contributed by atoms with E-state index in [4.69, 9.17) is 5.11 Å². The smallest absolute Gasteiger partial charge is 0.335 e. The molecule has 2 N–H and O–H groups in total. The summed E-state index contributed by atoms with van der Waals surface area (Å²) in [6.07, 6.45) is 0. The molecular weight excluding hydrogens is 238 g/mol. The molecule has 0 aliphatic rings. The number of carbonyl (C=O) groups is 1. The van der Waals surface area contributed by atoms with Gasteiger partial charge in [-0.25, -0.2) is 4.79 Å². The lowest BCUT2D eigenvalue weighted by molar-refractivity contribution is 0.0697. The monoisotopic (exact) mass is 255 g/mol. The van der Waals surface area contributed by atoms with E-state index in [1.807, 2.05) is 25.1 Å². The summed E-state index contributed by atoms with van der Waals surface area (Å²) < 4.78 is 0. The summed E-state index contributed by atoms with van der Waals surface area (Å²) in [5, 5.41) is 12.3. The number of nitrogens with one attached hydrogen (secondary N) is 1. The fraction of sp³-hybridized carbons (Fsp3) is 0.188. The van der Waals surface area contributed by atoms with E-state index in [2.05, 4.69) is 24.4 Å².